The fourth-order valence-corrected chi connectivity index (χ4v) is 5.16. The van der Waals surface area contributed by atoms with E-state index in [4.69, 9.17) is 4.42 Å². The second-order valence-corrected chi connectivity index (χ2v) is 9.34. The molecule has 0 radical (unpaired) electrons. The molecule has 3 aromatic heterocycles. The van der Waals surface area contributed by atoms with Crippen LogP contribution in [0.15, 0.2) is 70.1 Å². The van der Waals surface area contributed by atoms with Gasteiger partial charge in [-0.25, -0.2) is 4.68 Å². The highest BCUT2D eigenvalue weighted by atomic mass is 16.3. The van der Waals surface area contributed by atoms with Crippen LogP contribution in [0.3, 0.4) is 0 Å². The fraction of sp³-hybridized carbons (Fsp3) is 0.259. The third kappa shape index (κ3) is 3.62. The lowest BCUT2D eigenvalue weighted by Gasteiger charge is -2.33. The SMILES string of the molecule is Cc1cc2cc([C@@H](c3nnnn3Cc3ccco3)N3c4ccccc4C[C@@H]3C)c(=O)[nH]c2cc1C. The summed E-state index contributed by atoms with van der Waals surface area (Å²) in [5, 5.41) is 13.7. The number of furan rings is 1. The number of benzene rings is 2. The Morgan fingerprint density at radius 3 is 2.77 bits per heavy atom. The van der Waals surface area contributed by atoms with Crippen LogP contribution in [0, 0.1) is 13.8 Å². The summed E-state index contributed by atoms with van der Waals surface area (Å²) in [5.74, 6) is 1.34. The highest BCUT2D eigenvalue weighted by molar-refractivity contribution is 5.81. The molecule has 0 saturated carbocycles. The van der Waals surface area contributed by atoms with Crippen LogP contribution in [0.4, 0.5) is 5.69 Å². The van der Waals surface area contributed by atoms with Crippen molar-refractivity contribution >= 4 is 16.6 Å². The molecule has 1 aliphatic rings. The number of aryl methyl sites for hydroxylation is 2. The van der Waals surface area contributed by atoms with Gasteiger partial charge in [0.25, 0.3) is 5.56 Å². The molecule has 5 aromatic rings. The van der Waals surface area contributed by atoms with Crippen molar-refractivity contribution in [3.8, 4) is 0 Å². The largest absolute Gasteiger partial charge is 0.467 e. The molecule has 6 rings (SSSR count). The Hall–Kier alpha value is -4.20. The molecule has 0 bridgehead atoms. The fourth-order valence-electron chi connectivity index (χ4n) is 5.16. The molecule has 2 atom stereocenters. The number of aromatic nitrogens is 5. The van der Waals surface area contributed by atoms with Gasteiger partial charge in [-0.15, -0.1) is 5.10 Å². The van der Waals surface area contributed by atoms with Crippen LogP contribution < -0.4 is 10.5 Å². The van der Waals surface area contributed by atoms with Gasteiger partial charge < -0.3 is 14.3 Å². The molecule has 1 N–H and O–H groups in total. The number of pyridine rings is 1. The van der Waals surface area contributed by atoms with E-state index in [9.17, 15) is 4.79 Å². The van der Waals surface area contributed by atoms with Crippen LogP contribution in [0.25, 0.3) is 10.9 Å². The Morgan fingerprint density at radius 2 is 1.94 bits per heavy atom. The molecule has 0 aliphatic carbocycles. The smallest absolute Gasteiger partial charge is 0.254 e. The average molecular weight is 467 g/mol. The molecular weight excluding hydrogens is 440 g/mol. The summed E-state index contributed by atoms with van der Waals surface area (Å²) in [7, 11) is 0. The van der Waals surface area contributed by atoms with Crippen molar-refractivity contribution in [1.82, 2.24) is 25.2 Å². The van der Waals surface area contributed by atoms with Crippen molar-refractivity contribution < 1.29 is 4.42 Å². The van der Waals surface area contributed by atoms with Gasteiger partial charge in [-0.05, 0) is 96.1 Å². The molecule has 0 unspecified atom stereocenters. The van der Waals surface area contributed by atoms with E-state index in [0.717, 1.165) is 34.3 Å². The zero-order chi connectivity index (χ0) is 24.1. The molecule has 176 valence electrons. The molecule has 8 nitrogen and oxygen atoms in total. The summed E-state index contributed by atoms with van der Waals surface area (Å²) in [4.78, 5) is 19.0. The summed E-state index contributed by atoms with van der Waals surface area (Å²) in [5.41, 5.74) is 5.95. The van der Waals surface area contributed by atoms with Gasteiger partial charge >= 0.3 is 0 Å². The standard InChI is InChI=1S/C27H26N6O2/c1-16-11-20-14-22(27(34)28-23(20)12-17(16)2)25(33-18(3)13-19-7-4-5-9-24(19)33)26-29-30-31-32(26)15-21-8-6-10-35-21/h4-12,14,18,25H,13,15H2,1-3H3,(H,28,34)/t18-,25-/m0/s1. The van der Waals surface area contributed by atoms with Crippen LogP contribution in [0.5, 0.6) is 0 Å². The van der Waals surface area contributed by atoms with Crippen molar-refractivity contribution in [2.75, 3.05) is 4.90 Å². The lowest BCUT2D eigenvalue weighted by Crippen LogP contribution is -2.38. The van der Waals surface area contributed by atoms with Crippen molar-refractivity contribution in [2.24, 2.45) is 0 Å². The third-order valence-corrected chi connectivity index (χ3v) is 7.01. The van der Waals surface area contributed by atoms with Gasteiger partial charge in [0.05, 0.1) is 6.26 Å². The predicted octanol–water partition coefficient (Wildman–Crippen LogP) is 4.31. The first-order chi connectivity index (χ1) is 17.0. The number of tetrazole rings is 1. The molecule has 2 aromatic carbocycles. The quantitative estimate of drug-likeness (QED) is 0.415. The molecule has 0 spiro atoms. The summed E-state index contributed by atoms with van der Waals surface area (Å²) < 4.78 is 7.28. The van der Waals surface area contributed by atoms with Crippen molar-refractivity contribution in [2.45, 2.75) is 45.8 Å². The summed E-state index contributed by atoms with van der Waals surface area (Å²) in [6.45, 7) is 6.69. The summed E-state index contributed by atoms with van der Waals surface area (Å²) in [6.07, 6.45) is 2.52. The highest BCUT2D eigenvalue weighted by Crippen LogP contribution is 2.40. The van der Waals surface area contributed by atoms with Crippen molar-refractivity contribution in [1.29, 1.82) is 0 Å². The van der Waals surface area contributed by atoms with E-state index < -0.39 is 6.04 Å². The number of hydrogen-bond donors (Lipinski definition) is 1. The maximum Gasteiger partial charge on any atom is 0.254 e. The second-order valence-electron chi connectivity index (χ2n) is 9.34. The van der Waals surface area contributed by atoms with E-state index in [2.05, 4.69) is 70.4 Å². The van der Waals surface area contributed by atoms with Gasteiger partial charge in [-0.2, -0.15) is 0 Å². The topological polar surface area (TPSA) is 92.8 Å². The van der Waals surface area contributed by atoms with Crippen molar-refractivity contribution in [3.05, 3.63) is 105 Å². The molecule has 8 heteroatoms. The number of hydrogen-bond acceptors (Lipinski definition) is 6. The predicted molar refractivity (Wildman–Crippen MR) is 134 cm³/mol. The van der Waals surface area contributed by atoms with E-state index >= 15 is 0 Å². The van der Waals surface area contributed by atoms with E-state index in [1.165, 1.54) is 11.1 Å². The van der Waals surface area contributed by atoms with E-state index in [1.807, 2.05) is 30.3 Å². The van der Waals surface area contributed by atoms with E-state index in [-0.39, 0.29) is 11.6 Å². The van der Waals surface area contributed by atoms with Gasteiger partial charge in [0.1, 0.15) is 18.3 Å². The highest BCUT2D eigenvalue weighted by Gasteiger charge is 2.38. The van der Waals surface area contributed by atoms with Gasteiger partial charge in [0.15, 0.2) is 5.82 Å². The average Bonchev–Trinajstić information content (AvgIpc) is 3.58. The molecule has 1 aliphatic heterocycles. The molecule has 0 amide bonds. The normalized spacial score (nSPS) is 16.1. The number of H-pyrrole nitrogens is 1. The third-order valence-electron chi connectivity index (χ3n) is 7.01. The molecular formula is C27H26N6O2. The molecule has 0 fully saturated rings. The minimum absolute atomic E-state index is 0.144. The number of nitrogens with zero attached hydrogens (tertiary/aromatic N) is 5. The van der Waals surface area contributed by atoms with Crippen LogP contribution >= 0.6 is 0 Å². The maximum absolute atomic E-state index is 13.6. The molecule has 0 saturated heterocycles. The zero-order valence-electron chi connectivity index (χ0n) is 19.9. The Balaban J connectivity index is 1.57. The number of fused-ring (bicyclic) bond motifs is 2. The minimum Gasteiger partial charge on any atom is -0.467 e. The van der Waals surface area contributed by atoms with Crippen LogP contribution in [0.1, 0.15) is 46.8 Å². The Labute approximate surface area is 202 Å². The molecule has 35 heavy (non-hydrogen) atoms. The minimum atomic E-state index is -0.478. The Kier molecular flexibility index (Phi) is 5.02. The number of nitrogens with one attached hydrogen (secondary N) is 1. The molecule has 4 heterocycles. The van der Waals surface area contributed by atoms with Crippen molar-refractivity contribution in [3.63, 3.8) is 0 Å². The Bertz CT molecular complexity index is 1580. The Morgan fingerprint density at radius 1 is 1.11 bits per heavy atom. The monoisotopic (exact) mass is 466 g/mol. The first-order valence-corrected chi connectivity index (χ1v) is 11.8. The van der Waals surface area contributed by atoms with Gasteiger partial charge in [-0.1, -0.05) is 18.2 Å². The number of anilines is 1. The van der Waals surface area contributed by atoms with E-state index in [1.54, 1.807) is 10.9 Å². The van der Waals surface area contributed by atoms with Crippen LogP contribution in [-0.4, -0.2) is 31.2 Å². The lowest BCUT2D eigenvalue weighted by molar-refractivity contribution is 0.460. The van der Waals surface area contributed by atoms with Crippen LogP contribution in [-0.2, 0) is 13.0 Å². The summed E-state index contributed by atoms with van der Waals surface area (Å²) >= 11 is 0. The summed E-state index contributed by atoms with van der Waals surface area (Å²) in [6, 6.07) is 17.9. The second kappa shape index (κ2) is 8.23. The van der Waals surface area contributed by atoms with Gasteiger partial charge in [0, 0.05) is 22.8 Å². The van der Waals surface area contributed by atoms with Gasteiger partial charge in [0.2, 0.25) is 0 Å². The number of para-hydroxylation sites is 1. The van der Waals surface area contributed by atoms with E-state index in [0.29, 0.717) is 17.9 Å². The van der Waals surface area contributed by atoms with Gasteiger partial charge in [-0.3, -0.25) is 4.79 Å². The maximum atomic E-state index is 13.6. The zero-order valence-corrected chi connectivity index (χ0v) is 19.9. The van der Waals surface area contributed by atoms with Crippen LogP contribution in [0.2, 0.25) is 0 Å². The number of rotatable bonds is 5. The number of aromatic amines is 1. The lowest BCUT2D eigenvalue weighted by atomic mass is 10.00. The first kappa shape index (κ1) is 21.3. The first-order valence-electron chi connectivity index (χ1n) is 11.8.